The number of H-pyrrole nitrogens is 1. The summed E-state index contributed by atoms with van der Waals surface area (Å²) in [5.41, 5.74) is 4.19. The van der Waals surface area contributed by atoms with Gasteiger partial charge in [0, 0.05) is 36.1 Å². The molecule has 0 unspecified atom stereocenters. The Hall–Kier alpha value is -3.41. The average Bonchev–Trinajstić information content (AvgIpc) is 3.22. The zero-order valence-corrected chi connectivity index (χ0v) is 16.5. The molecule has 29 heavy (non-hydrogen) atoms. The normalized spacial score (nSPS) is 16.2. The number of carbonyl (C=O) groups is 2. The lowest BCUT2D eigenvalue weighted by Crippen LogP contribution is -2.44. The summed E-state index contributed by atoms with van der Waals surface area (Å²) in [7, 11) is 1.60. The number of benzene rings is 2. The third-order valence-electron chi connectivity index (χ3n) is 5.58. The number of likely N-dealkylation sites (tertiary alicyclic amines) is 1. The first-order valence-corrected chi connectivity index (χ1v) is 9.74. The van der Waals surface area contributed by atoms with Crippen LogP contribution in [0.4, 0.5) is 0 Å². The number of nitrogens with one attached hydrogen (secondary N) is 2. The van der Waals surface area contributed by atoms with Crippen molar-refractivity contribution in [3.63, 3.8) is 0 Å². The van der Waals surface area contributed by atoms with Gasteiger partial charge in [0.1, 0.15) is 6.04 Å². The Labute approximate surface area is 168 Å². The van der Waals surface area contributed by atoms with E-state index in [9.17, 15) is 14.4 Å². The second-order valence-electron chi connectivity index (χ2n) is 7.43. The Kier molecular flexibility index (Phi) is 4.92. The van der Waals surface area contributed by atoms with Crippen LogP contribution in [0.3, 0.4) is 0 Å². The zero-order valence-electron chi connectivity index (χ0n) is 16.5. The van der Waals surface area contributed by atoms with Crippen LogP contribution in [0.5, 0.6) is 0 Å². The Morgan fingerprint density at radius 2 is 1.79 bits per heavy atom. The molecule has 6 nitrogen and oxygen atoms in total. The van der Waals surface area contributed by atoms with E-state index in [1.807, 2.05) is 37.3 Å². The molecule has 1 atom stereocenters. The minimum atomic E-state index is -0.391. The van der Waals surface area contributed by atoms with Crippen LogP contribution in [0.25, 0.3) is 22.0 Å². The molecule has 3 aromatic rings. The highest BCUT2D eigenvalue weighted by atomic mass is 16.2. The van der Waals surface area contributed by atoms with Gasteiger partial charge in [-0.3, -0.25) is 14.4 Å². The number of likely N-dealkylation sites (N-methyl/N-ethyl adjacent to an activating group) is 1. The predicted octanol–water partition coefficient (Wildman–Crippen LogP) is 2.85. The van der Waals surface area contributed by atoms with Gasteiger partial charge in [-0.2, -0.15) is 0 Å². The van der Waals surface area contributed by atoms with E-state index in [0.29, 0.717) is 18.5 Å². The zero-order chi connectivity index (χ0) is 20.5. The van der Waals surface area contributed by atoms with Gasteiger partial charge in [-0.1, -0.05) is 18.2 Å². The van der Waals surface area contributed by atoms with Gasteiger partial charge in [-0.25, -0.2) is 0 Å². The number of nitrogens with zero attached hydrogens (tertiary/aromatic N) is 1. The van der Waals surface area contributed by atoms with E-state index in [2.05, 4.69) is 10.3 Å². The second kappa shape index (κ2) is 7.54. The predicted molar refractivity (Wildman–Crippen MR) is 113 cm³/mol. The molecule has 1 fully saturated rings. The molecule has 0 aliphatic carbocycles. The molecule has 6 heteroatoms. The summed E-state index contributed by atoms with van der Waals surface area (Å²) in [6.07, 6.45) is 1.53. The first kappa shape index (κ1) is 18.9. The monoisotopic (exact) mass is 389 g/mol. The Morgan fingerprint density at radius 1 is 1.07 bits per heavy atom. The molecule has 148 valence electrons. The molecular weight excluding hydrogens is 366 g/mol. The summed E-state index contributed by atoms with van der Waals surface area (Å²) >= 11 is 0. The van der Waals surface area contributed by atoms with Gasteiger partial charge in [0.2, 0.25) is 11.5 Å². The summed E-state index contributed by atoms with van der Waals surface area (Å²) in [5.74, 6) is -0.230. The van der Waals surface area contributed by atoms with Crippen LogP contribution in [-0.2, 0) is 4.79 Å². The minimum Gasteiger partial charge on any atom is -0.357 e. The topological polar surface area (TPSA) is 82.3 Å². The third-order valence-corrected chi connectivity index (χ3v) is 5.58. The van der Waals surface area contributed by atoms with Gasteiger partial charge < -0.3 is 15.2 Å². The van der Waals surface area contributed by atoms with E-state index in [-0.39, 0.29) is 17.4 Å². The lowest BCUT2D eigenvalue weighted by atomic mass is 10.00. The fourth-order valence-corrected chi connectivity index (χ4v) is 4.02. The van der Waals surface area contributed by atoms with E-state index in [0.717, 1.165) is 34.0 Å². The maximum Gasteiger partial charge on any atom is 0.254 e. The van der Waals surface area contributed by atoms with Crippen molar-refractivity contribution in [1.29, 1.82) is 0 Å². The second-order valence-corrected chi connectivity index (χ2v) is 7.43. The molecule has 1 aliphatic rings. The van der Waals surface area contributed by atoms with E-state index in [1.54, 1.807) is 30.1 Å². The van der Waals surface area contributed by atoms with Crippen molar-refractivity contribution in [3.05, 3.63) is 70.0 Å². The van der Waals surface area contributed by atoms with Crippen molar-refractivity contribution < 1.29 is 9.59 Å². The van der Waals surface area contributed by atoms with Crippen molar-refractivity contribution in [2.75, 3.05) is 13.6 Å². The van der Waals surface area contributed by atoms with Crippen molar-refractivity contribution in [2.45, 2.75) is 25.8 Å². The number of aromatic nitrogens is 1. The molecule has 0 saturated carbocycles. The minimum absolute atomic E-state index is 0.109. The van der Waals surface area contributed by atoms with E-state index in [1.165, 1.54) is 0 Å². The lowest BCUT2D eigenvalue weighted by molar-refractivity contribution is -0.124. The average molecular weight is 389 g/mol. The molecule has 0 spiro atoms. The molecule has 4 rings (SSSR count). The van der Waals surface area contributed by atoms with E-state index < -0.39 is 6.04 Å². The number of aromatic amines is 1. The third kappa shape index (κ3) is 3.53. The molecule has 2 N–H and O–H groups in total. The van der Waals surface area contributed by atoms with Gasteiger partial charge in [-0.05, 0) is 60.7 Å². The van der Waals surface area contributed by atoms with Crippen LogP contribution in [0, 0.1) is 6.92 Å². The molecule has 2 amide bonds. The summed E-state index contributed by atoms with van der Waals surface area (Å²) in [6.45, 7) is 2.52. The highest BCUT2D eigenvalue weighted by Gasteiger charge is 2.33. The van der Waals surface area contributed by atoms with Gasteiger partial charge in [0.25, 0.3) is 5.91 Å². The summed E-state index contributed by atoms with van der Waals surface area (Å²) in [6, 6.07) is 14.5. The molecule has 0 radical (unpaired) electrons. The standard InChI is InChI=1S/C23H23N3O3/c1-14-12-21(27)25-19-10-9-17(13-18(14)19)15-5-7-16(8-6-15)23(29)26-11-3-4-20(26)22(28)24-2/h5-10,12-13,20H,3-4,11H2,1-2H3,(H,24,28)(H,25,27)/t20-/m0/s1. The fourth-order valence-electron chi connectivity index (χ4n) is 4.02. The van der Waals surface area contributed by atoms with Gasteiger partial charge >= 0.3 is 0 Å². The molecule has 2 heterocycles. The number of fused-ring (bicyclic) bond motifs is 1. The Bertz CT molecular complexity index is 1150. The van der Waals surface area contributed by atoms with Crippen molar-refractivity contribution in [3.8, 4) is 11.1 Å². The number of hydrogen-bond acceptors (Lipinski definition) is 3. The molecule has 0 bridgehead atoms. The Balaban J connectivity index is 1.61. The molecule has 1 saturated heterocycles. The number of amides is 2. The summed E-state index contributed by atoms with van der Waals surface area (Å²) < 4.78 is 0. The maximum absolute atomic E-state index is 12.9. The number of rotatable bonds is 3. The number of carbonyl (C=O) groups excluding carboxylic acids is 2. The smallest absolute Gasteiger partial charge is 0.254 e. The molecule has 1 aliphatic heterocycles. The van der Waals surface area contributed by atoms with Crippen LogP contribution < -0.4 is 10.9 Å². The Morgan fingerprint density at radius 3 is 2.52 bits per heavy atom. The molecule has 1 aromatic heterocycles. The quantitative estimate of drug-likeness (QED) is 0.723. The highest BCUT2D eigenvalue weighted by Crippen LogP contribution is 2.26. The first-order valence-electron chi connectivity index (χ1n) is 9.74. The summed E-state index contributed by atoms with van der Waals surface area (Å²) in [4.78, 5) is 41.1. The van der Waals surface area contributed by atoms with E-state index in [4.69, 9.17) is 0 Å². The van der Waals surface area contributed by atoms with Gasteiger partial charge in [0.15, 0.2) is 0 Å². The summed E-state index contributed by atoms with van der Waals surface area (Å²) in [5, 5.41) is 3.63. The van der Waals surface area contributed by atoms with Crippen molar-refractivity contribution in [1.82, 2.24) is 15.2 Å². The largest absolute Gasteiger partial charge is 0.357 e. The number of aryl methyl sites for hydroxylation is 1. The van der Waals surface area contributed by atoms with Crippen molar-refractivity contribution in [2.24, 2.45) is 0 Å². The van der Waals surface area contributed by atoms with Gasteiger partial charge in [-0.15, -0.1) is 0 Å². The number of pyridine rings is 1. The SMILES string of the molecule is CNC(=O)[C@@H]1CCCN1C(=O)c1ccc(-c2ccc3[nH]c(=O)cc(C)c3c2)cc1. The van der Waals surface area contributed by atoms with Crippen LogP contribution >= 0.6 is 0 Å². The molecule has 2 aromatic carbocycles. The fraction of sp³-hybridized carbons (Fsp3) is 0.261. The van der Waals surface area contributed by atoms with Crippen molar-refractivity contribution >= 4 is 22.7 Å². The van der Waals surface area contributed by atoms with E-state index >= 15 is 0 Å². The van der Waals surface area contributed by atoms with Crippen LogP contribution in [-0.4, -0.2) is 41.3 Å². The maximum atomic E-state index is 12.9. The van der Waals surface area contributed by atoms with Crippen LogP contribution in [0.1, 0.15) is 28.8 Å². The molecular formula is C23H23N3O3. The first-order chi connectivity index (χ1) is 14.0. The highest BCUT2D eigenvalue weighted by molar-refractivity contribution is 5.98. The van der Waals surface area contributed by atoms with Crippen LogP contribution in [0.15, 0.2) is 53.3 Å². The van der Waals surface area contributed by atoms with Crippen LogP contribution in [0.2, 0.25) is 0 Å². The number of hydrogen-bond donors (Lipinski definition) is 2. The van der Waals surface area contributed by atoms with Gasteiger partial charge in [0.05, 0.1) is 0 Å². The lowest BCUT2D eigenvalue weighted by Gasteiger charge is -2.23.